The smallest absolute Gasteiger partial charge is 0.228 e. The highest BCUT2D eigenvalue weighted by Crippen LogP contribution is 2.32. The van der Waals surface area contributed by atoms with Gasteiger partial charge in [-0.05, 0) is 44.6 Å². The van der Waals surface area contributed by atoms with Crippen LogP contribution in [0.15, 0.2) is 30.3 Å². The number of fused-ring (bicyclic) bond motifs is 1. The van der Waals surface area contributed by atoms with Gasteiger partial charge in [-0.1, -0.05) is 37.3 Å². The van der Waals surface area contributed by atoms with Gasteiger partial charge in [0.25, 0.3) is 0 Å². The summed E-state index contributed by atoms with van der Waals surface area (Å²) in [6.45, 7) is 6.09. The van der Waals surface area contributed by atoms with Gasteiger partial charge < -0.3 is 4.90 Å². The number of hydrogen-bond donors (Lipinski definition) is 0. The third-order valence-electron chi connectivity index (χ3n) is 6.49. The van der Waals surface area contributed by atoms with Gasteiger partial charge in [-0.2, -0.15) is 0 Å². The number of likely N-dealkylation sites (tertiary alicyclic amines) is 1. The van der Waals surface area contributed by atoms with E-state index in [0.29, 0.717) is 32.4 Å². The Balaban J connectivity index is 1.54. The fraction of sp³-hybridized carbons (Fsp3) is 0.520. The highest BCUT2D eigenvalue weighted by Gasteiger charge is 2.31. The molecule has 31 heavy (non-hydrogen) atoms. The van der Waals surface area contributed by atoms with Crippen molar-refractivity contribution >= 4 is 17.6 Å². The third-order valence-corrected chi connectivity index (χ3v) is 6.49. The van der Waals surface area contributed by atoms with E-state index in [-0.39, 0.29) is 17.7 Å². The van der Waals surface area contributed by atoms with Crippen LogP contribution < -0.4 is 4.90 Å². The first-order valence-electron chi connectivity index (χ1n) is 11.6. The minimum atomic E-state index is 0.136. The monoisotopic (exact) mass is 420 g/mol. The van der Waals surface area contributed by atoms with E-state index >= 15 is 0 Å². The van der Waals surface area contributed by atoms with Crippen molar-refractivity contribution in [3.63, 3.8) is 0 Å². The maximum Gasteiger partial charge on any atom is 0.228 e. The van der Waals surface area contributed by atoms with Crippen LogP contribution in [0.4, 0.5) is 5.82 Å². The molecule has 0 spiro atoms. The van der Waals surface area contributed by atoms with E-state index in [9.17, 15) is 9.59 Å². The van der Waals surface area contributed by atoms with Crippen molar-refractivity contribution in [2.24, 2.45) is 0 Å². The zero-order valence-electron chi connectivity index (χ0n) is 18.6. The number of anilines is 1. The number of hydrogen-bond acceptors (Lipinski definition) is 4. The van der Waals surface area contributed by atoms with Crippen molar-refractivity contribution in [1.29, 1.82) is 0 Å². The first-order chi connectivity index (χ1) is 15.1. The topological polar surface area (TPSA) is 66.4 Å². The molecule has 4 rings (SSSR count). The molecule has 1 aromatic heterocycles. The molecule has 1 atom stereocenters. The van der Waals surface area contributed by atoms with Crippen LogP contribution >= 0.6 is 0 Å². The number of aromatic nitrogens is 2. The Labute approximate surface area is 184 Å². The number of aryl methyl sites for hydroxylation is 2. The Morgan fingerprint density at radius 3 is 2.74 bits per heavy atom. The van der Waals surface area contributed by atoms with E-state index in [1.54, 1.807) is 0 Å². The van der Waals surface area contributed by atoms with E-state index < -0.39 is 0 Å². The third kappa shape index (κ3) is 4.78. The summed E-state index contributed by atoms with van der Waals surface area (Å²) in [6.07, 6.45) is 5.54. The molecule has 1 saturated heterocycles. The maximum atomic E-state index is 12.8. The van der Waals surface area contributed by atoms with Gasteiger partial charge in [-0.15, -0.1) is 0 Å². The predicted octanol–water partition coefficient (Wildman–Crippen LogP) is 3.81. The number of nitrogens with zero attached hydrogens (tertiary/aromatic N) is 4. The highest BCUT2D eigenvalue weighted by atomic mass is 16.2. The Morgan fingerprint density at radius 2 is 1.97 bits per heavy atom. The maximum absolute atomic E-state index is 12.8. The van der Waals surface area contributed by atoms with Gasteiger partial charge in [0.1, 0.15) is 11.6 Å². The molecule has 2 aliphatic heterocycles. The van der Waals surface area contributed by atoms with Crippen molar-refractivity contribution in [3.8, 4) is 0 Å². The summed E-state index contributed by atoms with van der Waals surface area (Å²) in [5.74, 6) is 2.06. The SMILES string of the molecule is CCC(=O)N1CCC[C@H](c2nc(C)c3c(n2)N(CCCc2ccccc2)C(=O)CC3)C1. The first-order valence-corrected chi connectivity index (χ1v) is 11.6. The van der Waals surface area contributed by atoms with Crippen molar-refractivity contribution in [2.45, 2.75) is 64.7 Å². The summed E-state index contributed by atoms with van der Waals surface area (Å²) >= 11 is 0. The normalized spacial score (nSPS) is 18.8. The quantitative estimate of drug-likeness (QED) is 0.713. The lowest BCUT2D eigenvalue weighted by molar-refractivity contribution is -0.132. The number of carbonyl (C=O) groups is 2. The molecule has 3 heterocycles. The molecular formula is C25H32N4O2. The van der Waals surface area contributed by atoms with Crippen molar-refractivity contribution < 1.29 is 9.59 Å². The van der Waals surface area contributed by atoms with Crippen LogP contribution in [0.2, 0.25) is 0 Å². The molecule has 164 valence electrons. The Bertz CT molecular complexity index is 944. The van der Waals surface area contributed by atoms with Crippen LogP contribution in [-0.2, 0) is 22.4 Å². The molecule has 1 fully saturated rings. The molecular weight excluding hydrogens is 388 g/mol. The number of benzene rings is 1. The van der Waals surface area contributed by atoms with Crippen molar-refractivity contribution in [3.05, 3.63) is 53.0 Å². The van der Waals surface area contributed by atoms with E-state index in [2.05, 4.69) is 24.3 Å². The second-order valence-electron chi connectivity index (χ2n) is 8.64. The molecule has 2 amide bonds. The second-order valence-corrected chi connectivity index (χ2v) is 8.64. The first kappa shape index (κ1) is 21.5. The van der Waals surface area contributed by atoms with Crippen LogP contribution in [-0.4, -0.2) is 46.3 Å². The van der Waals surface area contributed by atoms with Gasteiger partial charge in [-0.3, -0.25) is 14.5 Å². The van der Waals surface area contributed by atoms with Gasteiger partial charge in [0, 0.05) is 49.7 Å². The molecule has 1 aromatic carbocycles. The van der Waals surface area contributed by atoms with Gasteiger partial charge in [0.2, 0.25) is 11.8 Å². The summed E-state index contributed by atoms with van der Waals surface area (Å²) in [7, 11) is 0. The Morgan fingerprint density at radius 1 is 1.16 bits per heavy atom. The molecule has 0 aliphatic carbocycles. The summed E-state index contributed by atoms with van der Waals surface area (Å²) in [5, 5.41) is 0. The summed E-state index contributed by atoms with van der Waals surface area (Å²) in [4.78, 5) is 38.6. The second kappa shape index (κ2) is 9.58. The minimum absolute atomic E-state index is 0.136. The molecule has 6 nitrogen and oxygen atoms in total. The van der Waals surface area contributed by atoms with E-state index in [0.717, 1.165) is 55.1 Å². The van der Waals surface area contributed by atoms with Crippen LogP contribution in [0.5, 0.6) is 0 Å². The van der Waals surface area contributed by atoms with Gasteiger partial charge in [0.15, 0.2) is 0 Å². The standard InChI is InChI=1S/C25H32N4O2/c1-3-22(30)28-15-8-12-20(17-28)24-26-18(2)21-13-14-23(31)29(25(21)27-24)16-7-11-19-9-5-4-6-10-19/h4-6,9-10,20H,3,7-8,11-17H2,1-2H3/t20-/m0/s1. The fourth-order valence-corrected chi connectivity index (χ4v) is 4.74. The summed E-state index contributed by atoms with van der Waals surface area (Å²) < 4.78 is 0. The summed E-state index contributed by atoms with van der Waals surface area (Å²) in [6, 6.07) is 10.4. The lowest BCUT2D eigenvalue weighted by Gasteiger charge is -2.34. The zero-order chi connectivity index (χ0) is 21.8. The van der Waals surface area contributed by atoms with Crippen molar-refractivity contribution in [1.82, 2.24) is 14.9 Å². The van der Waals surface area contributed by atoms with Gasteiger partial charge in [-0.25, -0.2) is 9.97 Å². The Kier molecular flexibility index (Phi) is 6.64. The number of carbonyl (C=O) groups excluding carboxylic acids is 2. The molecule has 2 aromatic rings. The number of rotatable bonds is 6. The summed E-state index contributed by atoms with van der Waals surface area (Å²) in [5.41, 5.74) is 3.36. The van der Waals surface area contributed by atoms with Crippen LogP contribution in [0, 0.1) is 6.92 Å². The molecule has 6 heteroatoms. The molecule has 2 aliphatic rings. The zero-order valence-corrected chi connectivity index (χ0v) is 18.6. The molecule has 0 bridgehead atoms. The number of amides is 2. The average molecular weight is 421 g/mol. The van der Waals surface area contributed by atoms with Crippen LogP contribution in [0.25, 0.3) is 0 Å². The highest BCUT2D eigenvalue weighted by molar-refractivity contribution is 5.95. The van der Waals surface area contributed by atoms with E-state index in [1.165, 1.54) is 5.56 Å². The van der Waals surface area contributed by atoms with Gasteiger partial charge >= 0.3 is 0 Å². The van der Waals surface area contributed by atoms with Crippen LogP contribution in [0.3, 0.4) is 0 Å². The van der Waals surface area contributed by atoms with Crippen molar-refractivity contribution in [2.75, 3.05) is 24.5 Å². The lowest BCUT2D eigenvalue weighted by atomic mass is 9.95. The largest absolute Gasteiger partial charge is 0.342 e. The van der Waals surface area contributed by atoms with E-state index in [4.69, 9.17) is 9.97 Å². The van der Waals surface area contributed by atoms with Crippen LogP contribution in [0.1, 0.15) is 67.6 Å². The molecule has 0 N–H and O–H groups in total. The average Bonchev–Trinajstić information content (AvgIpc) is 2.80. The molecule has 0 saturated carbocycles. The molecule has 0 unspecified atom stereocenters. The van der Waals surface area contributed by atoms with E-state index in [1.807, 2.05) is 29.7 Å². The Hall–Kier alpha value is -2.76. The predicted molar refractivity (Wildman–Crippen MR) is 121 cm³/mol. The number of piperidine rings is 1. The lowest BCUT2D eigenvalue weighted by Crippen LogP contribution is -2.40. The minimum Gasteiger partial charge on any atom is -0.342 e. The molecule has 0 radical (unpaired) electrons. The fourth-order valence-electron chi connectivity index (χ4n) is 4.74. The van der Waals surface area contributed by atoms with Gasteiger partial charge in [0.05, 0.1) is 0 Å².